The number of hydrogen-bond acceptors (Lipinski definition) is 3. The number of benzene rings is 1. The second-order valence-electron chi connectivity index (χ2n) is 3.99. The Morgan fingerprint density at radius 3 is 2.71 bits per heavy atom. The van der Waals surface area contributed by atoms with Gasteiger partial charge in [0.25, 0.3) is 0 Å². The third-order valence-electron chi connectivity index (χ3n) is 2.93. The first-order chi connectivity index (χ1) is 8.15. The molecule has 0 bridgehead atoms. The standard InChI is InChI=1S/C11H12FNO3Se/c12-11-7(5-14)8(11)6-17-10-4-2-1-3-9(10)13(15)16/h1-4,7-8,11,14H,5-6H2/t7-,8-,11+/m1/s1. The first kappa shape index (κ1) is 12.5. The van der Waals surface area contributed by atoms with Gasteiger partial charge in [-0.1, -0.05) is 0 Å². The summed E-state index contributed by atoms with van der Waals surface area (Å²) >= 11 is -0.109. The van der Waals surface area contributed by atoms with Crippen molar-refractivity contribution in [2.75, 3.05) is 6.61 Å². The summed E-state index contributed by atoms with van der Waals surface area (Å²) in [5.74, 6) is -0.362. The molecule has 17 heavy (non-hydrogen) atoms. The summed E-state index contributed by atoms with van der Waals surface area (Å²) in [4.78, 5) is 10.4. The molecule has 0 spiro atoms. The second kappa shape index (κ2) is 5.12. The van der Waals surface area contributed by atoms with Crippen molar-refractivity contribution in [1.82, 2.24) is 0 Å². The van der Waals surface area contributed by atoms with Crippen LogP contribution >= 0.6 is 0 Å². The number of aliphatic hydroxyl groups excluding tert-OH is 1. The number of alkyl halides is 1. The van der Waals surface area contributed by atoms with Gasteiger partial charge >= 0.3 is 104 Å². The first-order valence-electron chi connectivity index (χ1n) is 5.26. The molecule has 0 heterocycles. The van der Waals surface area contributed by atoms with E-state index < -0.39 is 11.1 Å². The number of aliphatic hydroxyl groups is 1. The van der Waals surface area contributed by atoms with Crippen molar-refractivity contribution in [3.63, 3.8) is 0 Å². The van der Waals surface area contributed by atoms with Gasteiger partial charge in [-0.15, -0.1) is 0 Å². The van der Waals surface area contributed by atoms with E-state index in [-0.39, 0.29) is 39.1 Å². The molecule has 3 atom stereocenters. The SMILES string of the molecule is O=[N+]([O-])c1ccccc1[Se]C[C@H]1[C@@H](F)[C@@H]1CO. The third kappa shape index (κ3) is 2.65. The van der Waals surface area contributed by atoms with Gasteiger partial charge in [0.15, 0.2) is 0 Å². The van der Waals surface area contributed by atoms with Crippen LogP contribution in [0.15, 0.2) is 24.3 Å². The molecular formula is C11H12FNO3Se. The van der Waals surface area contributed by atoms with Crippen molar-refractivity contribution in [2.24, 2.45) is 11.8 Å². The van der Waals surface area contributed by atoms with E-state index in [0.29, 0.717) is 9.78 Å². The van der Waals surface area contributed by atoms with Gasteiger partial charge < -0.3 is 0 Å². The quantitative estimate of drug-likeness (QED) is 0.500. The molecule has 1 aromatic carbocycles. The number of halogens is 1. The van der Waals surface area contributed by atoms with Gasteiger partial charge in [-0.05, 0) is 0 Å². The fraction of sp³-hybridized carbons (Fsp3) is 0.455. The van der Waals surface area contributed by atoms with E-state index in [2.05, 4.69) is 0 Å². The zero-order valence-electron chi connectivity index (χ0n) is 8.95. The molecule has 0 aromatic heterocycles. The Labute approximate surface area is 104 Å². The van der Waals surface area contributed by atoms with Gasteiger partial charge in [-0.2, -0.15) is 0 Å². The van der Waals surface area contributed by atoms with Crippen LogP contribution in [0.2, 0.25) is 5.32 Å². The van der Waals surface area contributed by atoms with Crippen molar-refractivity contribution < 1.29 is 14.4 Å². The van der Waals surface area contributed by atoms with Crippen molar-refractivity contribution in [3.05, 3.63) is 34.4 Å². The Kier molecular flexibility index (Phi) is 3.76. The van der Waals surface area contributed by atoms with E-state index in [1.165, 1.54) is 6.07 Å². The molecule has 0 aliphatic heterocycles. The number of nitrogens with zero attached hydrogens (tertiary/aromatic N) is 1. The average Bonchev–Trinajstić information content (AvgIpc) is 2.96. The molecule has 1 aliphatic rings. The van der Waals surface area contributed by atoms with E-state index in [0.717, 1.165) is 0 Å². The zero-order chi connectivity index (χ0) is 12.4. The van der Waals surface area contributed by atoms with Crippen LogP contribution < -0.4 is 4.46 Å². The molecule has 6 heteroatoms. The number of rotatable bonds is 5. The molecule has 0 unspecified atom stereocenters. The summed E-state index contributed by atoms with van der Waals surface area (Å²) in [6.45, 7) is -0.126. The number of para-hydroxylation sites is 1. The Morgan fingerprint density at radius 1 is 1.41 bits per heavy atom. The van der Waals surface area contributed by atoms with Crippen LogP contribution in [-0.4, -0.2) is 37.8 Å². The zero-order valence-corrected chi connectivity index (χ0v) is 10.7. The van der Waals surface area contributed by atoms with Crippen molar-refractivity contribution in [3.8, 4) is 0 Å². The molecule has 1 saturated carbocycles. The average molecular weight is 304 g/mol. The first-order valence-corrected chi connectivity index (χ1v) is 7.33. The third-order valence-corrected chi connectivity index (χ3v) is 5.47. The summed E-state index contributed by atoms with van der Waals surface area (Å²) in [5, 5.41) is 20.2. The van der Waals surface area contributed by atoms with Crippen LogP contribution in [0.25, 0.3) is 0 Å². The van der Waals surface area contributed by atoms with Crippen LogP contribution in [0.1, 0.15) is 0 Å². The molecule has 1 aromatic rings. The van der Waals surface area contributed by atoms with Gasteiger partial charge in [-0.25, -0.2) is 0 Å². The maximum atomic E-state index is 13.1. The monoisotopic (exact) mass is 305 g/mol. The molecule has 1 fully saturated rings. The van der Waals surface area contributed by atoms with Crippen LogP contribution in [0.5, 0.6) is 0 Å². The van der Waals surface area contributed by atoms with Crippen LogP contribution in [0.3, 0.4) is 0 Å². The predicted octanol–water partition coefficient (Wildman–Crippen LogP) is 0.919. The van der Waals surface area contributed by atoms with E-state index in [1.54, 1.807) is 18.2 Å². The Morgan fingerprint density at radius 2 is 2.12 bits per heavy atom. The Balaban J connectivity index is 1.98. The Bertz CT molecular complexity index is 429. The minimum atomic E-state index is -0.926. The summed E-state index contributed by atoms with van der Waals surface area (Å²) in [7, 11) is 0. The molecule has 0 amide bonds. The molecule has 0 saturated heterocycles. The van der Waals surface area contributed by atoms with E-state index >= 15 is 0 Å². The molecule has 1 N–H and O–H groups in total. The molecule has 1 aliphatic carbocycles. The van der Waals surface area contributed by atoms with Crippen molar-refractivity contribution in [2.45, 2.75) is 11.5 Å². The van der Waals surface area contributed by atoms with E-state index in [4.69, 9.17) is 5.11 Å². The molecule has 2 rings (SSSR count). The fourth-order valence-corrected chi connectivity index (χ4v) is 4.43. The van der Waals surface area contributed by atoms with Crippen LogP contribution in [0, 0.1) is 22.0 Å². The van der Waals surface area contributed by atoms with Crippen molar-refractivity contribution >= 4 is 25.1 Å². The topological polar surface area (TPSA) is 63.4 Å². The van der Waals surface area contributed by atoms with Gasteiger partial charge in [0, 0.05) is 0 Å². The Hall–Kier alpha value is -0.971. The van der Waals surface area contributed by atoms with Crippen molar-refractivity contribution in [1.29, 1.82) is 0 Å². The molecule has 0 radical (unpaired) electrons. The van der Waals surface area contributed by atoms with Gasteiger partial charge in [0.1, 0.15) is 0 Å². The van der Waals surface area contributed by atoms with E-state index in [9.17, 15) is 14.5 Å². The van der Waals surface area contributed by atoms with Crippen LogP contribution in [-0.2, 0) is 0 Å². The fourth-order valence-electron chi connectivity index (χ4n) is 1.77. The van der Waals surface area contributed by atoms with Gasteiger partial charge in [-0.3, -0.25) is 0 Å². The minimum absolute atomic E-state index is 0.109. The van der Waals surface area contributed by atoms with Crippen LogP contribution in [0.4, 0.5) is 10.1 Å². The summed E-state index contributed by atoms with van der Waals surface area (Å²) in [5.41, 5.74) is 0.115. The number of nitro groups is 1. The number of nitro benzene ring substituents is 1. The van der Waals surface area contributed by atoms with Gasteiger partial charge in [0.05, 0.1) is 0 Å². The molecular weight excluding hydrogens is 292 g/mol. The maximum absolute atomic E-state index is 13.1. The normalized spacial score (nSPS) is 26.8. The summed E-state index contributed by atoms with van der Waals surface area (Å²) in [6.07, 6.45) is -0.926. The predicted molar refractivity (Wildman–Crippen MR) is 62.3 cm³/mol. The molecule has 92 valence electrons. The summed E-state index contributed by atoms with van der Waals surface area (Å²) in [6, 6.07) is 6.58. The molecule has 4 nitrogen and oxygen atoms in total. The van der Waals surface area contributed by atoms with Gasteiger partial charge in [0.2, 0.25) is 0 Å². The van der Waals surface area contributed by atoms with E-state index in [1.807, 2.05) is 0 Å². The number of hydrogen-bond donors (Lipinski definition) is 1. The summed E-state index contributed by atoms with van der Waals surface area (Å²) < 4.78 is 13.8. The second-order valence-corrected chi connectivity index (χ2v) is 6.22.